The molecule has 0 unspecified atom stereocenters. The van der Waals surface area contributed by atoms with Gasteiger partial charge in [-0.25, -0.2) is 0 Å². The van der Waals surface area contributed by atoms with Crippen LogP contribution < -0.4 is 0 Å². The van der Waals surface area contributed by atoms with Gasteiger partial charge < -0.3 is 0 Å². The number of hydrogen-bond donors (Lipinski definition) is 0. The molecule has 0 aliphatic heterocycles. The van der Waals surface area contributed by atoms with E-state index in [2.05, 4.69) is 49.4 Å². The first-order chi connectivity index (χ1) is 10.3. The number of rotatable bonds is 1. The van der Waals surface area contributed by atoms with Crippen molar-refractivity contribution < 1.29 is 0 Å². The molecular formula is C21H24. The summed E-state index contributed by atoms with van der Waals surface area (Å²) in [6, 6.07) is 11.1. The van der Waals surface area contributed by atoms with Gasteiger partial charge >= 0.3 is 0 Å². The van der Waals surface area contributed by atoms with E-state index in [4.69, 9.17) is 0 Å². The van der Waals surface area contributed by atoms with Crippen LogP contribution in [-0.2, 0) is 0 Å². The molecule has 0 heterocycles. The van der Waals surface area contributed by atoms with Crippen molar-refractivity contribution >= 4 is 5.57 Å². The van der Waals surface area contributed by atoms with Crippen molar-refractivity contribution in [1.82, 2.24) is 0 Å². The van der Waals surface area contributed by atoms with E-state index >= 15 is 0 Å². The van der Waals surface area contributed by atoms with Gasteiger partial charge in [-0.15, -0.1) is 0 Å². The molecule has 0 spiro atoms. The Bertz CT molecular complexity index is 642. The maximum absolute atomic E-state index is 2.51. The summed E-state index contributed by atoms with van der Waals surface area (Å²) in [5.41, 5.74) is 8.39. The van der Waals surface area contributed by atoms with Crippen molar-refractivity contribution in [3.8, 4) is 0 Å². The number of fused-ring (bicyclic) bond motifs is 3. The Kier molecular flexibility index (Phi) is 3.14. The van der Waals surface area contributed by atoms with Crippen LogP contribution >= 0.6 is 0 Å². The monoisotopic (exact) mass is 276 g/mol. The molecule has 3 aliphatic carbocycles. The van der Waals surface area contributed by atoms with Crippen molar-refractivity contribution in [2.75, 3.05) is 0 Å². The minimum atomic E-state index is 0.313. The summed E-state index contributed by atoms with van der Waals surface area (Å²) in [7, 11) is 0. The van der Waals surface area contributed by atoms with E-state index in [1.807, 2.05) is 0 Å². The van der Waals surface area contributed by atoms with Crippen LogP contribution in [-0.4, -0.2) is 0 Å². The molecule has 3 aliphatic rings. The Hall–Kier alpha value is -1.56. The summed E-state index contributed by atoms with van der Waals surface area (Å²) >= 11 is 0. The quantitative estimate of drug-likeness (QED) is 0.584. The lowest BCUT2D eigenvalue weighted by Crippen LogP contribution is -2.30. The second-order valence-corrected chi connectivity index (χ2v) is 7.00. The molecule has 0 radical (unpaired) electrons. The molecule has 1 aromatic carbocycles. The summed E-state index contributed by atoms with van der Waals surface area (Å²) < 4.78 is 0. The average Bonchev–Trinajstić information content (AvgIpc) is 2.55. The second kappa shape index (κ2) is 5.02. The molecule has 0 N–H and O–H groups in total. The SMILES string of the molecule is C[C@]12CCCCC1=CC=C1CCCC(c3ccccc3)=C12. The Morgan fingerprint density at radius 3 is 2.57 bits per heavy atom. The van der Waals surface area contributed by atoms with E-state index in [0.717, 1.165) is 0 Å². The lowest BCUT2D eigenvalue weighted by Gasteiger charge is -2.45. The highest BCUT2D eigenvalue weighted by Gasteiger charge is 2.40. The molecule has 0 saturated heterocycles. The topological polar surface area (TPSA) is 0 Å². The van der Waals surface area contributed by atoms with Crippen molar-refractivity contribution in [3.05, 3.63) is 64.8 Å². The Labute approximate surface area is 128 Å². The average molecular weight is 276 g/mol. The van der Waals surface area contributed by atoms with Gasteiger partial charge in [0.2, 0.25) is 0 Å². The maximum atomic E-state index is 2.51. The van der Waals surface area contributed by atoms with Crippen molar-refractivity contribution in [3.63, 3.8) is 0 Å². The first-order valence-electron chi connectivity index (χ1n) is 8.49. The summed E-state index contributed by atoms with van der Waals surface area (Å²) in [4.78, 5) is 0. The van der Waals surface area contributed by atoms with Crippen molar-refractivity contribution in [2.45, 2.75) is 51.9 Å². The summed E-state index contributed by atoms with van der Waals surface area (Å²) in [6.45, 7) is 2.51. The molecule has 1 aromatic rings. The van der Waals surface area contributed by atoms with Gasteiger partial charge in [-0.1, -0.05) is 61.4 Å². The lowest BCUT2D eigenvalue weighted by atomic mass is 9.59. The van der Waals surface area contributed by atoms with Crippen LogP contribution in [0, 0.1) is 5.41 Å². The molecule has 21 heavy (non-hydrogen) atoms. The summed E-state index contributed by atoms with van der Waals surface area (Å²) in [5.74, 6) is 0. The highest BCUT2D eigenvalue weighted by Crippen LogP contribution is 2.55. The van der Waals surface area contributed by atoms with Gasteiger partial charge in [0.05, 0.1) is 0 Å². The fourth-order valence-electron chi connectivity index (χ4n) is 4.67. The van der Waals surface area contributed by atoms with Crippen LogP contribution in [0.1, 0.15) is 57.4 Å². The minimum absolute atomic E-state index is 0.313. The Balaban J connectivity index is 1.92. The predicted molar refractivity (Wildman–Crippen MR) is 90.0 cm³/mol. The van der Waals surface area contributed by atoms with Crippen LogP contribution in [0.15, 0.2) is 59.2 Å². The van der Waals surface area contributed by atoms with E-state index in [9.17, 15) is 0 Å². The number of allylic oxidation sites excluding steroid dienone is 6. The Morgan fingerprint density at radius 1 is 0.857 bits per heavy atom. The fourth-order valence-corrected chi connectivity index (χ4v) is 4.67. The van der Waals surface area contributed by atoms with Crippen LogP contribution in [0.25, 0.3) is 5.57 Å². The standard InChI is InChI=1S/C21H24/c1-21-15-6-5-11-18(21)14-13-17-10-7-12-19(20(17)21)16-8-3-2-4-9-16/h2-4,8-9,13-14H,5-7,10-12,15H2,1H3/t21-/m0/s1. The summed E-state index contributed by atoms with van der Waals surface area (Å²) in [6.07, 6.45) is 14.1. The molecular weight excluding hydrogens is 252 g/mol. The molecule has 0 amide bonds. The first kappa shape index (κ1) is 13.1. The Morgan fingerprint density at radius 2 is 1.71 bits per heavy atom. The fraction of sp³-hybridized carbons (Fsp3) is 0.429. The number of hydrogen-bond acceptors (Lipinski definition) is 0. The molecule has 4 rings (SSSR count). The van der Waals surface area contributed by atoms with Gasteiger partial charge in [0.15, 0.2) is 0 Å². The molecule has 1 atom stereocenters. The van der Waals surface area contributed by atoms with Crippen LogP contribution in [0.2, 0.25) is 0 Å². The third-order valence-corrected chi connectivity index (χ3v) is 5.74. The third-order valence-electron chi connectivity index (χ3n) is 5.74. The van der Waals surface area contributed by atoms with Gasteiger partial charge in [0.1, 0.15) is 0 Å². The molecule has 0 nitrogen and oxygen atoms in total. The zero-order chi connectivity index (χ0) is 14.3. The zero-order valence-electron chi connectivity index (χ0n) is 13.0. The van der Waals surface area contributed by atoms with Crippen LogP contribution in [0.4, 0.5) is 0 Å². The van der Waals surface area contributed by atoms with E-state index in [1.54, 1.807) is 22.3 Å². The van der Waals surface area contributed by atoms with Gasteiger partial charge in [-0.3, -0.25) is 0 Å². The first-order valence-corrected chi connectivity index (χ1v) is 8.49. The van der Waals surface area contributed by atoms with Gasteiger partial charge in [-0.2, -0.15) is 0 Å². The number of benzene rings is 1. The highest BCUT2D eigenvalue weighted by molar-refractivity contribution is 5.77. The van der Waals surface area contributed by atoms with Crippen LogP contribution in [0.5, 0.6) is 0 Å². The van der Waals surface area contributed by atoms with E-state index in [0.29, 0.717) is 5.41 Å². The molecule has 0 bridgehead atoms. The largest absolute Gasteiger partial charge is 0.0622 e. The second-order valence-electron chi connectivity index (χ2n) is 7.00. The van der Waals surface area contributed by atoms with Gasteiger partial charge in [0, 0.05) is 5.41 Å². The lowest BCUT2D eigenvalue weighted by molar-refractivity contribution is 0.357. The summed E-state index contributed by atoms with van der Waals surface area (Å²) in [5, 5.41) is 0. The minimum Gasteiger partial charge on any atom is -0.0622 e. The molecule has 0 heteroatoms. The van der Waals surface area contributed by atoms with Gasteiger partial charge in [0.25, 0.3) is 0 Å². The van der Waals surface area contributed by atoms with Crippen molar-refractivity contribution in [2.24, 2.45) is 5.41 Å². The normalized spacial score (nSPS) is 28.4. The van der Waals surface area contributed by atoms with E-state index in [1.165, 1.54) is 50.5 Å². The molecule has 1 saturated carbocycles. The van der Waals surface area contributed by atoms with Gasteiger partial charge in [-0.05, 0) is 60.8 Å². The maximum Gasteiger partial charge on any atom is 0.0142 e. The molecule has 1 fully saturated rings. The highest BCUT2D eigenvalue weighted by atomic mass is 14.4. The molecule has 108 valence electrons. The smallest absolute Gasteiger partial charge is 0.0142 e. The van der Waals surface area contributed by atoms with E-state index < -0.39 is 0 Å². The third kappa shape index (κ3) is 2.04. The van der Waals surface area contributed by atoms with E-state index in [-0.39, 0.29) is 0 Å². The van der Waals surface area contributed by atoms with Crippen LogP contribution in [0.3, 0.4) is 0 Å². The predicted octanol–water partition coefficient (Wildman–Crippen LogP) is 6.07. The van der Waals surface area contributed by atoms with Crippen molar-refractivity contribution in [1.29, 1.82) is 0 Å². The molecule has 0 aromatic heterocycles. The zero-order valence-corrected chi connectivity index (χ0v) is 13.0.